The minimum absolute atomic E-state index is 0.640. The summed E-state index contributed by atoms with van der Waals surface area (Å²) in [6, 6.07) is 31.1. The van der Waals surface area contributed by atoms with Gasteiger partial charge in [0.25, 0.3) is 0 Å². The van der Waals surface area contributed by atoms with Crippen LogP contribution in [-0.2, 0) is 0 Å². The SMILES string of the molecule is C1=CCCCC(c2nc(-c3ccccc3)nc(-c3ccc4c(c3)Oc3cccc5c6ccccc6n-4c35)n2)=C1. The number of ether oxygens (including phenoxy) is 1. The number of aromatic nitrogens is 4. The first kappa shape index (κ1) is 22.0. The van der Waals surface area contributed by atoms with E-state index in [4.69, 9.17) is 19.7 Å². The lowest BCUT2D eigenvalue weighted by Gasteiger charge is -2.21. The van der Waals surface area contributed by atoms with Crippen molar-refractivity contribution in [2.24, 2.45) is 0 Å². The maximum atomic E-state index is 6.51. The van der Waals surface area contributed by atoms with Gasteiger partial charge < -0.3 is 9.30 Å². The van der Waals surface area contributed by atoms with Crippen LogP contribution in [0, 0.1) is 0 Å². The fourth-order valence-electron chi connectivity index (χ4n) is 5.68. The Morgan fingerprint density at radius 2 is 1.46 bits per heavy atom. The van der Waals surface area contributed by atoms with E-state index >= 15 is 0 Å². The Labute approximate surface area is 225 Å². The molecule has 6 aromatic rings. The van der Waals surface area contributed by atoms with Gasteiger partial charge in [-0.25, -0.2) is 15.0 Å². The topological polar surface area (TPSA) is 52.8 Å². The highest BCUT2D eigenvalue weighted by molar-refractivity contribution is 6.12. The van der Waals surface area contributed by atoms with Gasteiger partial charge in [-0.2, -0.15) is 0 Å². The average Bonchev–Trinajstić information content (AvgIpc) is 3.13. The summed E-state index contributed by atoms with van der Waals surface area (Å²) in [5.41, 5.74) is 6.27. The maximum absolute atomic E-state index is 6.51. The van der Waals surface area contributed by atoms with Crippen LogP contribution in [0.4, 0.5) is 0 Å². The average molecular weight is 505 g/mol. The molecule has 1 aliphatic heterocycles. The Hall–Kier alpha value is -5.03. The van der Waals surface area contributed by atoms with Crippen LogP contribution in [0.2, 0.25) is 0 Å². The van der Waals surface area contributed by atoms with Crippen molar-refractivity contribution in [3.63, 3.8) is 0 Å². The number of nitrogens with zero attached hydrogens (tertiary/aromatic N) is 4. The minimum Gasteiger partial charge on any atom is -0.453 e. The van der Waals surface area contributed by atoms with Crippen LogP contribution in [0.3, 0.4) is 0 Å². The zero-order valence-corrected chi connectivity index (χ0v) is 21.2. The summed E-state index contributed by atoms with van der Waals surface area (Å²) in [4.78, 5) is 14.8. The molecule has 0 saturated heterocycles. The molecular formula is C34H24N4O. The van der Waals surface area contributed by atoms with Gasteiger partial charge in [-0.1, -0.05) is 78.9 Å². The normalized spacial score (nSPS) is 14.1. The number of fused-ring (bicyclic) bond motifs is 5. The molecule has 0 fully saturated rings. The second kappa shape index (κ2) is 8.77. The summed E-state index contributed by atoms with van der Waals surface area (Å²) < 4.78 is 8.81. The van der Waals surface area contributed by atoms with Gasteiger partial charge in [0.1, 0.15) is 0 Å². The molecule has 39 heavy (non-hydrogen) atoms. The van der Waals surface area contributed by atoms with Crippen molar-refractivity contribution in [2.75, 3.05) is 0 Å². The molecule has 2 aliphatic rings. The molecule has 0 N–H and O–H groups in total. The summed E-state index contributed by atoms with van der Waals surface area (Å²) >= 11 is 0. The van der Waals surface area contributed by atoms with E-state index in [1.54, 1.807) is 0 Å². The van der Waals surface area contributed by atoms with Crippen LogP contribution in [0.5, 0.6) is 11.5 Å². The van der Waals surface area contributed by atoms with Crippen LogP contribution in [0.1, 0.15) is 25.1 Å². The van der Waals surface area contributed by atoms with Gasteiger partial charge in [-0.3, -0.25) is 0 Å². The molecule has 0 bridgehead atoms. The van der Waals surface area contributed by atoms with Gasteiger partial charge in [-0.05, 0) is 55.2 Å². The van der Waals surface area contributed by atoms with Crippen LogP contribution in [0.25, 0.3) is 55.8 Å². The second-order valence-corrected chi connectivity index (χ2v) is 9.97. The van der Waals surface area contributed by atoms with Gasteiger partial charge in [-0.15, -0.1) is 0 Å². The molecule has 2 aromatic heterocycles. The van der Waals surface area contributed by atoms with E-state index in [0.717, 1.165) is 64.5 Å². The zero-order valence-electron chi connectivity index (χ0n) is 21.2. The molecule has 0 radical (unpaired) electrons. The first-order valence-electron chi connectivity index (χ1n) is 13.4. The van der Waals surface area contributed by atoms with Crippen LogP contribution in [0.15, 0.2) is 109 Å². The van der Waals surface area contributed by atoms with Gasteiger partial charge in [0, 0.05) is 21.9 Å². The summed E-state index contributed by atoms with van der Waals surface area (Å²) in [5, 5.41) is 2.41. The van der Waals surface area contributed by atoms with E-state index in [2.05, 4.69) is 77.4 Å². The predicted octanol–water partition coefficient (Wildman–Crippen LogP) is 8.53. The Kier molecular flexibility index (Phi) is 4.95. The van der Waals surface area contributed by atoms with Gasteiger partial charge in [0.05, 0.1) is 16.7 Å². The van der Waals surface area contributed by atoms with Crippen molar-refractivity contribution in [3.05, 3.63) is 115 Å². The zero-order chi connectivity index (χ0) is 25.8. The number of para-hydroxylation sites is 2. The number of benzene rings is 4. The Morgan fingerprint density at radius 1 is 0.667 bits per heavy atom. The maximum Gasteiger partial charge on any atom is 0.164 e. The standard InChI is InChI=1S/C34H24N4O/c1-2-5-12-22(11-4-1)32-35-33(23-13-6-3-7-14-23)37-34(36-32)24-19-20-28-30(21-24)39-29-18-10-16-26-25-15-8-9-17-27(25)38(28)31(26)29/h1,3-4,6-11,13-21H,2,5,12H2. The Morgan fingerprint density at radius 3 is 2.38 bits per heavy atom. The van der Waals surface area contributed by atoms with Gasteiger partial charge in [0.2, 0.25) is 0 Å². The first-order chi connectivity index (χ1) is 19.3. The molecule has 0 atom stereocenters. The van der Waals surface area contributed by atoms with Gasteiger partial charge >= 0.3 is 0 Å². The molecular weight excluding hydrogens is 480 g/mol. The highest BCUT2D eigenvalue weighted by atomic mass is 16.5. The van der Waals surface area contributed by atoms with Crippen LogP contribution < -0.4 is 4.74 Å². The molecule has 5 heteroatoms. The van der Waals surface area contributed by atoms with E-state index in [-0.39, 0.29) is 0 Å². The number of allylic oxidation sites excluding steroid dienone is 4. The largest absolute Gasteiger partial charge is 0.453 e. The Bertz CT molecular complexity index is 1970. The lowest BCUT2D eigenvalue weighted by atomic mass is 10.1. The lowest BCUT2D eigenvalue weighted by Crippen LogP contribution is -2.06. The molecule has 0 unspecified atom stereocenters. The smallest absolute Gasteiger partial charge is 0.164 e. The van der Waals surface area contributed by atoms with Crippen molar-refractivity contribution in [1.29, 1.82) is 0 Å². The molecule has 3 heterocycles. The molecule has 186 valence electrons. The third-order valence-electron chi connectivity index (χ3n) is 7.54. The van der Waals surface area contributed by atoms with Crippen molar-refractivity contribution < 1.29 is 4.74 Å². The Balaban J connectivity index is 1.31. The molecule has 8 rings (SSSR count). The van der Waals surface area contributed by atoms with E-state index in [1.807, 2.05) is 36.4 Å². The number of rotatable bonds is 3. The minimum atomic E-state index is 0.640. The van der Waals surface area contributed by atoms with Crippen molar-refractivity contribution in [1.82, 2.24) is 19.5 Å². The first-order valence-corrected chi connectivity index (χ1v) is 13.4. The molecule has 5 nitrogen and oxygen atoms in total. The van der Waals surface area contributed by atoms with Crippen LogP contribution >= 0.6 is 0 Å². The van der Waals surface area contributed by atoms with E-state index in [9.17, 15) is 0 Å². The quantitative estimate of drug-likeness (QED) is 0.242. The van der Waals surface area contributed by atoms with Crippen molar-refractivity contribution >= 4 is 27.4 Å². The summed E-state index contributed by atoms with van der Waals surface area (Å²) in [6.45, 7) is 0. The fraction of sp³-hybridized carbons (Fsp3) is 0.0882. The van der Waals surface area contributed by atoms with Gasteiger partial charge in [0.15, 0.2) is 29.0 Å². The van der Waals surface area contributed by atoms with Crippen molar-refractivity contribution in [3.8, 4) is 40.0 Å². The van der Waals surface area contributed by atoms with E-state index < -0.39 is 0 Å². The number of hydrogen-bond donors (Lipinski definition) is 0. The van der Waals surface area contributed by atoms with E-state index in [0.29, 0.717) is 11.6 Å². The molecule has 0 amide bonds. The monoisotopic (exact) mass is 504 g/mol. The summed E-state index contributed by atoms with van der Waals surface area (Å²) in [5.74, 6) is 3.68. The van der Waals surface area contributed by atoms with Crippen molar-refractivity contribution in [2.45, 2.75) is 19.3 Å². The molecule has 1 aliphatic carbocycles. The molecule has 4 aromatic carbocycles. The summed E-state index contributed by atoms with van der Waals surface area (Å²) in [6.07, 6.45) is 9.53. The summed E-state index contributed by atoms with van der Waals surface area (Å²) in [7, 11) is 0. The molecule has 0 spiro atoms. The fourth-order valence-corrected chi connectivity index (χ4v) is 5.68. The highest BCUT2D eigenvalue weighted by Gasteiger charge is 2.24. The lowest BCUT2D eigenvalue weighted by molar-refractivity contribution is 0.476. The second-order valence-electron chi connectivity index (χ2n) is 9.97. The predicted molar refractivity (Wildman–Crippen MR) is 156 cm³/mol. The third kappa shape index (κ3) is 3.58. The van der Waals surface area contributed by atoms with Crippen LogP contribution in [-0.4, -0.2) is 19.5 Å². The molecule has 0 saturated carbocycles. The third-order valence-corrected chi connectivity index (χ3v) is 7.54. The highest BCUT2D eigenvalue weighted by Crippen LogP contribution is 2.46. The number of hydrogen-bond acceptors (Lipinski definition) is 4. The van der Waals surface area contributed by atoms with E-state index in [1.165, 1.54) is 16.3 Å².